The minimum atomic E-state index is -0.0407. The van der Waals surface area contributed by atoms with Crippen molar-refractivity contribution in [3.05, 3.63) is 0 Å². The molecule has 4 unspecified atom stereocenters. The Morgan fingerprint density at radius 1 is 0.828 bits per heavy atom. The molecule has 4 aliphatic carbocycles. The van der Waals surface area contributed by atoms with Crippen LogP contribution in [0.25, 0.3) is 0 Å². The fourth-order valence-corrected chi connectivity index (χ4v) is 9.63. The second-order valence-electron chi connectivity index (χ2n) is 13.3. The van der Waals surface area contributed by atoms with Crippen molar-refractivity contribution >= 4 is 0 Å². The van der Waals surface area contributed by atoms with Crippen LogP contribution in [0.5, 0.6) is 0 Å². The lowest BCUT2D eigenvalue weighted by Crippen LogP contribution is -2.58. The Hall–Kier alpha value is -0.0400. The van der Waals surface area contributed by atoms with E-state index in [9.17, 15) is 5.11 Å². The van der Waals surface area contributed by atoms with Gasteiger partial charge in [-0.2, -0.15) is 0 Å². The number of rotatable bonds is 5. The lowest BCUT2D eigenvalue weighted by Gasteiger charge is -2.65. The zero-order chi connectivity index (χ0) is 21.0. The molecule has 0 aliphatic heterocycles. The van der Waals surface area contributed by atoms with Crippen LogP contribution in [0.3, 0.4) is 0 Å². The normalized spacial score (nSPS) is 50.7. The van der Waals surface area contributed by atoms with Crippen LogP contribution in [0.15, 0.2) is 0 Å². The van der Waals surface area contributed by atoms with E-state index in [1.165, 1.54) is 64.2 Å². The van der Waals surface area contributed by atoms with Crippen LogP contribution in [0.4, 0.5) is 0 Å². The lowest BCUT2D eigenvalue weighted by atomic mass is 9.40. The third-order valence-corrected chi connectivity index (χ3v) is 11.5. The first-order valence-electron chi connectivity index (χ1n) is 13.3. The highest BCUT2D eigenvalue weighted by molar-refractivity contribution is 5.12. The molecule has 0 amide bonds. The maximum absolute atomic E-state index is 10.4. The van der Waals surface area contributed by atoms with Gasteiger partial charge in [0, 0.05) is 0 Å². The van der Waals surface area contributed by atoms with Gasteiger partial charge in [0.2, 0.25) is 0 Å². The lowest BCUT2D eigenvalue weighted by molar-refractivity contribution is -0.171. The molecular formula is C28H50O. The fraction of sp³-hybridized carbons (Fsp3) is 1.00. The number of hydrogen-bond donors (Lipinski definition) is 1. The number of hydrogen-bond acceptors (Lipinski definition) is 1. The van der Waals surface area contributed by atoms with Gasteiger partial charge >= 0.3 is 0 Å². The number of aliphatic hydroxyl groups is 1. The summed E-state index contributed by atoms with van der Waals surface area (Å²) < 4.78 is 0. The standard InChI is InChI=1S/C28H50O/c1-19(2)8-7-9-20(3)23-10-11-24-22-13-15-26(4)18-21(29)12-17-28(26,6)25(22)14-16-27(23,24)5/h19-25,29H,7-18H2,1-6H3/t20-,21-,22?,23+,24?,25?,26?,27+,28+/m0/s1. The molecule has 0 spiro atoms. The first kappa shape index (κ1) is 22.2. The van der Waals surface area contributed by atoms with E-state index in [0.29, 0.717) is 16.2 Å². The quantitative estimate of drug-likeness (QED) is 0.496. The summed E-state index contributed by atoms with van der Waals surface area (Å²) in [6, 6.07) is 0. The van der Waals surface area contributed by atoms with Crippen LogP contribution in [0.2, 0.25) is 0 Å². The second kappa shape index (κ2) is 7.83. The van der Waals surface area contributed by atoms with E-state index in [0.717, 1.165) is 48.3 Å². The van der Waals surface area contributed by atoms with E-state index >= 15 is 0 Å². The molecule has 0 radical (unpaired) electrons. The molecule has 4 aliphatic rings. The predicted octanol–water partition coefficient (Wildman–Crippen LogP) is 7.86. The Balaban J connectivity index is 1.49. The monoisotopic (exact) mass is 402 g/mol. The molecule has 0 bridgehead atoms. The van der Waals surface area contributed by atoms with Crippen molar-refractivity contribution in [2.75, 3.05) is 0 Å². The molecule has 0 aromatic carbocycles. The van der Waals surface area contributed by atoms with Crippen molar-refractivity contribution in [1.29, 1.82) is 0 Å². The van der Waals surface area contributed by atoms with Crippen molar-refractivity contribution in [3.8, 4) is 0 Å². The topological polar surface area (TPSA) is 20.2 Å². The van der Waals surface area contributed by atoms with Crippen LogP contribution in [-0.2, 0) is 0 Å². The van der Waals surface area contributed by atoms with Crippen LogP contribution in [-0.4, -0.2) is 11.2 Å². The molecule has 9 atom stereocenters. The Morgan fingerprint density at radius 2 is 1.59 bits per heavy atom. The predicted molar refractivity (Wildman–Crippen MR) is 124 cm³/mol. The van der Waals surface area contributed by atoms with Crippen LogP contribution < -0.4 is 0 Å². The summed E-state index contributed by atoms with van der Waals surface area (Å²) in [5, 5.41) is 10.4. The molecule has 0 heterocycles. The SMILES string of the molecule is CC(C)CCC[C@H](C)[C@H]1CCC2C3CCC4(C)C[C@@H](O)CC[C@]4(C)C3CC[C@@]21C. The molecule has 0 saturated heterocycles. The van der Waals surface area contributed by atoms with Gasteiger partial charge in [-0.25, -0.2) is 0 Å². The third-order valence-electron chi connectivity index (χ3n) is 11.5. The molecule has 0 aromatic rings. The van der Waals surface area contributed by atoms with E-state index in [1.54, 1.807) is 0 Å². The Kier molecular flexibility index (Phi) is 5.98. The van der Waals surface area contributed by atoms with Gasteiger partial charge in [0.05, 0.1) is 6.10 Å². The van der Waals surface area contributed by atoms with E-state index in [2.05, 4.69) is 41.5 Å². The molecule has 4 saturated carbocycles. The van der Waals surface area contributed by atoms with Crippen LogP contribution in [0, 0.1) is 51.8 Å². The van der Waals surface area contributed by atoms with Gasteiger partial charge in [-0.05, 0) is 110 Å². The van der Waals surface area contributed by atoms with Gasteiger partial charge in [-0.15, -0.1) is 0 Å². The number of fused-ring (bicyclic) bond motifs is 5. The molecule has 4 fully saturated rings. The average molecular weight is 403 g/mol. The summed E-state index contributed by atoms with van der Waals surface area (Å²) in [7, 11) is 0. The van der Waals surface area contributed by atoms with E-state index < -0.39 is 0 Å². The second-order valence-corrected chi connectivity index (χ2v) is 13.3. The first-order valence-corrected chi connectivity index (χ1v) is 13.3. The van der Waals surface area contributed by atoms with Crippen LogP contribution in [0.1, 0.15) is 119 Å². The minimum absolute atomic E-state index is 0.0407. The molecule has 4 rings (SSSR count). The molecule has 168 valence electrons. The summed E-state index contributed by atoms with van der Waals surface area (Å²) in [5.41, 5.74) is 1.45. The number of aliphatic hydroxyl groups excluding tert-OH is 1. The van der Waals surface area contributed by atoms with Gasteiger partial charge in [0.1, 0.15) is 0 Å². The van der Waals surface area contributed by atoms with E-state index in [-0.39, 0.29) is 6.10 Å². The third kappa shape index (κ3) is 3.54. The van der Waals surface area contributed by atoms with Gasteiger partial charge in [0.15, 0.2) is 0 Å². The summed E-state index contributed by atoms with van der Waals surface area (Å²) in [4.78, 5) is 0. The maximum Gasteiger partial charge on any atom is 0.0545 e. The van der Waals surface area contributed by atoms with E-state index in [1.807, 2.05) is 0 Å². The highest BCUT2D eigenvalue weighted by Gasteiger charge is 2.63. The van der Waals surface area contributed by atoms with Crippen LogP contribution >= 0.6 is 0 Å². The minimum Gasteiger partial charge on any atom is -0.393 e. The largest absolute Gasteiger partial charge is 0.393 e. The highest BCUT2D eigenvalue weighted by atomic mass is 16.3. The van der Waals surface area contributed by atoms with Crippen molar-refractivity contribution in [2.45, 2.75) is 125 Å². The molecular weight excluding hydrogens is 352 g/mol. The summed E-state index contributed by atoms with van der Waals surface area (Å²) in [6.45, 7) is 15.2. The zero-order valence-electron chi connectivity index (χ0n) is 20.5. The fourth-order valence-electron chi connectivity index (χ4n) is 9.63. The van der Waals surface area contributed by atoms with Crippen molar-refractivity contribution in [2.24, 2.45) is 51.8 Å². The first-order chi connectivity index (χ1) is 13.6. The Morgan fingerprint density at radius 3 is 2.31 bits per heavy atom. The Bertz CT molecular complexity index is 583. The average Bonchev–Trinajstić information content (AvgIpc) is 2.99. The van der Waals surface area contributed by atoms with Crippen molar-refractivity contribution in [1.82, 2.24) is 0 Å². The maximum atomic E-state index is 10.4. The van der Waals surface area contributed by atoms with Gasteiger partial charge in [0.25, 0.3) is 0 Å². The zero-order valence-corrected chi connectivity index (χ0v) is 20.5. The van der Waals surface area contributed by atoms with E-state index in [4.69, 9.17) is 0 Å². The summed E-state index contributed by atoms with van der Waals surface area (Å²) in [5.74, 6) is 5.60. The van der Waals surface area contributed by atoms with Gasteiger partial charge in [-0.1, -0.05) is 60.8 Å². The van der Waals surface area contributed by atoms with Crippen molar-refractivity contribution < 1.29 is 5.11 Å². The van der Waals surface area contributed by atoms with Gasteiger partial charge < -0.3 is 5.11 Å². The Labute approximate surface area is 181 Å². The molecule has 29 heavy (non-hydrogen) atoms. The molecule has 1 nitrogen and oxygen atoms in total. The molecule has 1 N–H and O–H groups in total. The highest BCUT2D eigenvalue weighted by Crippen LogP contribution is 2.71. The van der Waals surface area contributed by atoms with Gasteiger partial charge in [-0.3, -0.25) is 0 Å². The molecule has 0 aromatic heterocycles. The van der Waals surface area contributed by atoms with Crippen molar-refractivity contribution in [3.63, 3.8) is 0 Å². The summed E-state index contributed by atoms with van der Waals surface area (Å²) in [6.07, 6.45) is 16.4. The molecule has 1 heteroatoms. The smallest absolute Gasteiger partial charge is 0.0545 e. The summed E-state index contributed by atoms with van der Waals surface area (Å²) >= 11 is 0.